The van der Waals surface area contributed by atoms with Gasteiger partial charge < -0.3 is 15.4 Å². The molecule has 1 heterocycles. The Morgan fingerprint density at radius 1 is 1.50 bits per heavy atom. The van der Waals surface area contributed by atoms with Crippen molar-refractivity contribution in [3.05, 3.63) is 22.8 Å². The second-order valence-corrected chi connectivity index (χ2v) is 5.29. The Balaban J connectivity index is 2.31. The minimum atomic E-state index is -0.175. The molecular formula is C14H22ClN3O2. The maximum absolute atomic E-state index is 11.9. The highest BCUT2D eigenvalue weighted by Crippen LogP contribution is 2.19. The zero-order chi connectivity index (χ0) is 15.0. The van der Waals surface area contributed by atoms with Crippen LogP contribution >= 0.6 is 11.6 Å². The Bertz CT molecular complexity index is 438. The molecule has 0 aromatic carbocycles. The number of hydrogen-bond acceptors (Lipinski definition) is 4. The molecule has 0 spiro atoms. The van der Waals surface area contributed by atoms with Crippen LogP contribution in [-0.2, 0) is 4.74 Å². The van der Waals surface area contributed by atoms with Gasteiger partial charge in [0.15, 0.2) is 0 Å². The topological polar surface area (TPSA) is 63.2 Å². The molecule has 2 N–H and O–H groups in total. The van der Waals surface area contributed by atoms with E-state index in [1.54, 1.807) is 13.1 Å². The van der Waals surface area contributed by atoms with E-state index in [2.05, 4.69) is 29.5 Å². The van der Waals surface area contributed by atoms with E-state index in [1.165, 1.54) is 6.20 Å². The minimum absolute atomic E-state index is 0.175. The van der Waals surface area contributed by atoms with Crippen LogP contribution in [-0.4, -0.2) is 37.7 Å². The summed E-state index contributed by atoms with van der Waals surface area (Å²) in [4.78, 5) is 15.9. The highest BCUT2D eigenvalue weighted by Gasteiger charge is 2.08. The molecule has 0 saturated carbocycles. The fraction of sp³-hybridized carbons (Fsp3) is 0.571. The van der Waals surface area contributed by atoms with E-state index in [-0.39, 0.29) is 5.91 Å². The van der Waals surface area contributed by atoms with Crippen molar-refractivity contribution in [2.75, 3.05) is 32.1 Å². The molecule has 1 rings (SSSR count). The number of anilines is 1. The number of nitrogens with one attached hydrogen (secondary N) is 2. The number of carbonyl (C=O) groups is 1. The smallest absolute Gasteiger partial charge is 0.252 e. The third-order valence-corrected chi connectivity index (χ3v) is 2.83. The van der Waals surface area contributed by atoms with Crippen LogP contribution in [0.4, 0.5) is 5.82 Å². The maximum atomic E-state index is 11.9. The van der Waals surface area contributed by atoms with Gasteiger partial charge in [0, 0.05) is 33.0 Å². The van der Waals surface area contributed by atoms with Gasteiger partial charge in [-0.25, -0.2) is 4.98 Å². The number of halogens is 1. The predicted molar refractivity (Wildman–Crippen MR) is 81.4 cm³/mol. The summed E-state index contributed by atoms with van der Waals surface area (Å²) < 4.78 is 5.44. The molecule has 0 atom stereocenters. The number of amides is 1. The van der Waals surface area contributed by atoms with Crippen LogP contribution in [0.5, 0.6) is 0 Å². The molecule has 0 aliphatic carbocycles. The molecule has 0 aliphatic rings. The molecular weight excluding hydrogens is 278 g/mol. The number of rotatable bonds is 8. The summed E-state index contributed by atoms with van der Waals surface area (Å²) in [5, 5.41) is 6.09. The lowest BCUT2D eigenvalue weighted by Crippen LogP contribution is -2.25. The highest BCUT2D eigenvalue weighted by atomic mass is 35.5. The van der Waals surface area contributed by atoms with Gasteiger partial charge in [-0.3, -0.25) is 4.79 Å². The molecule has 1 amide bonds. The molecule has 0 radical (unpaired) electrons. The normalized spacial score (nSPS) is 10.7. The Morgan fingerprint density at radius 2 is 2.25 bits per heavy atom. The summed E-state index contributed by atoms with van der Waals surface area (Å²) >= 11 is 5.98. The first-order chi connectivity index (χ1) is 9.54. The molecule has 1 aromatic heterocycles. The van der Waals surface area contributed by atoms with Crippen molar-refractivity contribution in [2.24, 2.45) is 5.92 Å². The lowest BCUT2D eigenvalue weighted by Gasteiger charge is -2.08. The third-order valence-electron chi connectivity index (χ3n) is 2.54. The van der Waals surface area contributed by atoms with Crippen molar-refractivity contribution in [3.8, 4) is 0 Å². The largest absolute Gasteiger partial charge is 0.381 e. The van der Waals surface area contributed by atoms with E-state index < -0.39 is 0 Å². The van der Waals surface area contributed by atoms with Crippen molar-refractivity contribution in [2.45, 2.75) is 20.3 Å². The number of carbonyl (C=O) groups excluding carboxylic acids is 1. The van der Waals surface area contributed by atoms with Gasteiger partial charge in [0.25, 0.3) is 5.91 Å². The average Bonchev–Trinajstić information content (AvgIpc) is 2.42. The van der Waals surface area contributed by atoms with Crippen molar-refractivity contribution in [1.82, 2.24) is 10.3 Å². The molecule has 112 valence electrons. The molecule has 1 aromatic rings. The van der Waals surface area contributed by atoms with Crippen LogP contribution in [0.1, 0.15) is 30.6 Å². The molecule has 0 aliphatic heterocycles. The van der Waals surface area contributed by atoms with Crippen LogP contribution in [0.25, 0.3) is 0 Å². The van der Waals surface area contributed by atoms with Crippen molar-refractivity contribution in [3.63, 3.8) is 0 Å². The minimum Gasteiger partial charge on any atom is -0.381 e. The molecule has 20 heavy (non-hydrogen) atoms. The van der Waals surface area contributed by atoms with Gasteiger partial charge in [-0.2, -0.15) is 0 Å². The molecule has 5 nitrogen and oxygen atoms in total. The van der Waals surface area contributed by atoms with Gasteiger partial charge in [-0.05, 0) is 18.4 Å². The van der Waals surface area contributed by atoms with E-state index in [4.69, 9.17) is 16.3 Å². The van der Waals surface area contributed by atoms with Gasteiger partial charge in [-0.15, -0.1) is 0 Å². The SMILES string of the molecule is CNc1ncc(C(=O)NCCCOCC(C)C)cc1Cl. The summed E-state index contributed by atoms with van der Waals surface area (Å²) in [5.74, 6) is 0.916. The number of pyridine rings is 1. The molecule has 6 heteroatoms. The van der Waals surface area contributed by atoms with Crippen LogP contribution in [0.3, 0.4) is 0 Å². The number of ether oxygens (including phenoxy) is 1. The summed E-state index contributed by atoms with van der Waals surface area (Å²) in [5.41, 5.74) is 0.456. The first-order valence-electron chi connectivity index (χ1n) is 6.73. The summed E-state index contributed by atoms with van der Waals surface area (Å²) in [6, 6.07) is 1.60. The highest BCUT2D eigenvalue weighted by molar-refractivity contribution is 6.33. The fourth-order valence-electron chi connectivity index (χ4n) is 1.54. The zero-order valence-electron chi connectivity index (χ0n) is 12.2. The van der Waals surface area contributed by atoms with Crippen molar-refractivity contribution in [1.29, 1.82) is 0 Å². The first-order valence-corrected chi connectivity index (χ1v) is 7.11. The molecule has 0 saturated heterocycles. The van der Waals surface area contributed by atoms with Crippen LogP contribution in [0.15, 0.2) is 12.3 Å². The standard InChI is InChI=1S/C14H22ClN3O2/c1-10(2)9-20-6-4-5-17-14(19)11-7-12(15)13(16-3)18-8-11/h7-8,10H,4-6,9H2,1-3H3,(H,16,18)(H,17,19). The Morgan fingerprint density at radius 3 is 2.85 bits per heavy atom. The summed E-state index contributed by atoms with van der Waals surface area (Å²) in [6.45, 7) is 6.18. The second kappa shape index (κ2) is 8.76. The van der Waals surface area contributed by atoms with E-state index in [0.717, 1.165) is 13.0 Å². The average molecular weight is 300 g/mol. The monoisotopic (exact) mass is 299 g/mol. The molecule has 0 bridgehead atoms. The lowest BCUT2D eigenvalue weighted by atomic mass is 10.2. The van der Waals surface area contributed by atoms with Gasteiger partial charge in [0.1, 0.15) is 5.82 Å². The van der Waals surface area contributed by atoms with E-state index >= 15 is 0 Å². The summed E-state index contributed by atoms with van der Waals surface area (Å²) in [6.07, 6.45) is 2.29. The van der Waals surface area contributed by atoms with Gasteiger partial charge in [0.2, 0.25) is 0 Å². The van der Waals surface area contributed by atoms with Crippen LogP contribution in [0, 0.1) is 5.92 Å². The van der Waals surface area contributed by atoms with E-state index in [9.17, 15) is 4.79 Å². The van der Waals surface area contributed by atoms with Gasteiger partial charge in [0.05, 0.1) is 10.6 Å². The second-order valence-electron chi connectivity index (χ2n) is 4.88. The van der Waals surface area contributed by atoms with Gasteiger partial charge in [-0.1, -0.05) is 25.4 Å². The lowest BCUT2D eigenvalue weighted by molar-refractivity contribution is 0.0924. The third kappa shape index (κ3) is 5.75. The predicted octanol–water partition coefficient (Wildman–Crippen LogP) is 2.57. The van der Waals surface area contributed by atoms with Crippen LogP contribution < -0.4 is 10.6 Å². The first kappa shape index (κ1) is 16.7. The Labute approximate surface area is 125 Å². The number of hydrogen-bond donors (Lipinski definition) is 2. The maximum Gasteiger partial charge on any atom is 0.252 e. The Hall–Kier alpha value is -1.33. The van der Waals surface area contributed by atoms with Gasteiger partial charge >= 0.3 is 0 Å². The number of aromatic nitrogens is 1. The zero-order valence-corrected chi connectivity index (χ0v) is 13.0. The van der Waals surface area contributed by atoms with Crippen molar-refractivity contribution >= 4 is 23.3 Å². The molecule has 0 unspecified atom stereocenters. The Kier molecular flexibility index (Phi) is 7.33. The van der Waals surface area contributed by atoms with Crippen LogP contribution in [0.2, 0.25) is 5.02 Å². The quantitative estimate of drug-likeness (QED) is 0.724. The van der Waals surface area contributed by atoms with E-state index in [1.807, 2.05) is 0 Å². The summed E-state index contributed by atoms with van der Waals surface area (Å²) in [7, 11) is 1.73. The fourth-order valence-corrected chi connectivity index (χ4v) is 1.80. The molecule has 0 fully saturated rings. The number of nitrogens with zero attached hydrogens (tertiary/aromatic N) is 1. The van der Waals surface area contributed by atoms with E-state index in [0.29, 0.717) is 35.5 Å². The van der Waals surface area contributed by atoms with Crippen molar-refractivity contribution < 1.29 is 9.53 Å².